The molecule has 9 nitrogen and oxygen atoms in total. The maximum Gasteiger partial charge on any atom is 0.254 e. The molecule has 38 heavy (non-hydrogen) atoms. The van der Waals surface area contributed by atoms with Gasteiger partial charge in [-0.1, -0.05) is 26.3 Å². The lowest BCUT2D eigenvalue weighted by Gasteiger charge is -2.40. The molecule has 0 spiro atoms. The number of nitrogens with zero attached hydrogens (tertiary/aromatic N) is 2. The second-order valence-corrected chi connectivity index (χ2v) is 9.33. The van der Waals surface area contributed by atoms with Crippen LogP contribution < -0.4 is 24.3 Å². The topological polar surface area (TPSA) is 89.6 Å². The van der Waals surface area contributed by atoms with E-state index in [0.717, 1.165) is 38.0 Å². The normalized spacial score (nSPS) is 16.7. The van der Waals surface area contributed by atoms with Gasteiger partial charge in [-0.05, 0) is 54.9 Å². The van der Waals surface area contributed by atoms with Crippen LogP contribution in [-0.4, -0.2) is 83.3 Å². The third kappa shape index (κ3) is 5.99. The molecule has 0 bridgehead atoms. The third-order valence-electron chi connectivity index (χ3n) is 7.21. The van der Waals surface area contributed by atoms with E-state index in [0.29, 0.717) is 40.7 Å². The first-order valence-corrected chi connectivity index (χ1v) is 13.1. The molecule has 3 rings (SSSR count). The van der Waals surface area contributed by atoms with Crippen LogP contribution in [0.4, 0.5) is 0 Å². The van der Waals surface area contributed by atoms with E-state index >= 15 is 0 Å². The van der Waals surface area contributed by atoms with Crippen molar-refractivity contribution in [3.05, 3.63) is 47.0 Å². The minimum atomic E-state index is -0.684. The van der Waals surface area contributed by atoms with Gasteiger partial charge in [-0.15, -0.1) is 0 Å². The zero-order chi connectivity index (χ0) is 27.8. The number of hydrogen-bond donors (Lipinski definition) is 1. The average molecular weight is 528 g/mol. The van der Waals surface area contributed by atoms with Crippen molar-refractivity contribution in [3.63, 3.8) is 0 Å². The summed E-state index contributed by atoms with van der Waals surface area (Å²) in [5, 5.41) is 3.14. The molecule has 1 heterocycles. The Morgan fingerprint density at radius 1 is 0.921 bits per heavy atom. The van der Waals surface area contributed by atoms with E-state index in [1.807, 2.05) is 12.1 Å². The largest absolute Gasteiger partial charge is 0.493 e. The van der Waals surface area contributed by atoms with Crippen molar-refractivity contribution >= 4 is 11.8 Å². The number of fused-ring (bicyclic) bond motifs is 1. The second-order valence-electron chi connectivity index (χ2n) is 9.33. The summed E-state index contributed by atoms with van der Waals surface area (Å²) >= 11 is 0. The molecule has 0 aromatic heterocycles. The number of hydrogen-bond acceptors (Lipinski definition) is 7. The van der Waals surface area contributed by atoms with Crippen molar-refractivity contribution in [2.24, 2.45) is 0 Å². The maximum atomic E-state index is 13.9. The standard InChI is InChI=1S/C29H41N3O6/c1-8-10-14-32(9-2)15-13-30-28(33)26-20-17-24(37-6)25(38-7)18-21(20)29(34)31(3)27(26)19-11-12-22(35-4)23(16-19)36-5/h11-12,16-18,26-27H,8-10,13-15H2,1-7H3,(H,30,33)/t26-,27-/m0/s1. The molecule has 0 radical (unpaired) electrons. The molecule has 1 N–H and O–H groups in total. The fourth-order valence-electron chi connectivity index (χ4n) is 5.04. The van der Waals surface area contributed by atoms with Crippen LogP contribution in [0.1, 0.15) is 60.1 Å². The highest BCUT2D eigenvalue weighted by atomic mass is 16.5. The molecule has 2 aromatic carbocycles. The van der Waals surface area contributed by atoms with Gasteiger partial charge in [0.2, 0.25) is 5.91 Å². The molecule has 2 amide bonds. The maximum absolute atomic E-state index is 13.9. The number of rotatable bonds is 13. The van der Waals surface area contributed by atoms with E-state index in [-0.39, 0.29) is 11.8 Å². The monoisotopic (exact) mass is 527 g/mol. The zero-order valence-corrected chi connectivity index (χ0v) is 23.6. The third-order valence-corrected chi connectivity index (χ3v) is 7.21. The highest BCUT2D eigenvalue weighted by molar-refractivity contribution is 6.02. The van der Waals surface area contributed by atoms with Gasteiger partial charge in [0.15, 0.2) is 23.0 Å². The highest BCUT2D eigenvalue weighted by Gasteiger charge is 2.43. The lowest BCUT2D eigenvalue weighted by molar-refractivity contribution is -0.124. The zero-order valence-electron chi connectivity index (χ0n) is 23.6. The number of likely N-dealkylation sites (N-methyl/N-ethyl adjacent to an activating group) is 2. The van der Waals surface area contributed by atoms with Crippen molar-refractivity contribution in [2.75, 3.05) is 61.7 Å². The molecule has 208 valence electrons. The molecule has 9 heteroatoms. The number of benzene rings is 2. The van der Waals surface area contributed by atoms with Crippen LogP contribution in [0.5, 0.6) is 23.0 Å². The predicted molar refractivity (Wildman–Crippen MR) is 147 cm³/mol. The molecule has 1 aliphatic heterocycles. The quantitative estimate of drug-likeness (QED) is 0.423. The summed E-state index contributed by atoms with van der Waals surface area (Å²) in [5.74, 6) is 0.940. The van der Waals surface area contributed by atoms with E-state index in [1.165, 1.54) is 14.2 Å². The Labute approximate surface area is 226 Å². The van der Waals surface area contributed by atoms with Gasteiger partial charge < -0.3 is 34.1 Å². The van der Waals surface area contributed by atoms with Gasteiger partial charge in [-0.2, -0.15) is 0 Å². The summed E-state index contributed by atoms with van der Waals surface area (Å²) in [4.78, 5) is 31.4. The first-order chi connectivity index (χ1) is 18.3. The Morgan fingerprint density at radius 3 is 2.16 bits per heavy atom. The van der Waals surface area contributed by atoms with Crippen molar-refractivity contribution in [1.82, 2.24) is 15.1 Å². The minimum absolute atomic E-state index is 0.163. The fourth-order valence-corrected chi connectivity index (χ4v) is 5.04. The van der Waals surface area contributed by atoms with E-state index in [2.05, 4.69) is 24.1 Å². The summed E-state index contributed by atoms with van der Waals surface area (Å²) in [6.07, 6.45) is 2.24. The number of methoxy groups -OCH3 is 4. The molecule has 2 atom stereocenters. The Bertz CT molecular complexity index is 1120. The van der Waals surface area contributed by atoms with Crippen molar-refractivity contribution in [2.45, 2.75) is 38.6 Å². The number of carbonyl (C=O) groups excluding carboxylic acids is 2. The number of nitrogens with one attached hydrogen (secondary N) is 1. The van der Waals surface area contributed by atoms with Gasteiger partial charge in [0, 0.05) is 25.7 Å². The first kappa shape index (κ1) is 29.1. The van der Waals surface area contributed by atoms with Gasteiger partial charge in [-0.25, -0.2) is 0 Å². The van der Waals surface area contributed by atoms with Crippen molar-refractivity contribution in [3.8, 4) is 23.0 Å². The average Bonchev–Trinajstić information content (AvgIpc) is 2.95. The summed E-state index contributed by atoms with van der Waals surface area (Å²) in [5.41, 5.74) is 1.78. The van der Waals surface area contributed by atoms with Gasteiger partial charge >= 0.3 is 0 Å². The van der Waals surface area contributed by atoms with Crippen LogP contribution in [-0.2, 0) is 4.79 Å². The summed E-state index contributed by atoms with van der Waals surface area (Å²) in [6, 6.07) is 8.31. The Hall–Kier alpha value is -3.46. The van der Waals surface area contributed by atoms with Gasteiger partial charge in [-0.3, -0.25) is 9.59 Å². The minimum Gasteiger partial charge on any atom is -0.493 e. The molecule has 0 fully saturated rings. The molecule has 0 saturated carbocycles. The van der Waals surface area contributed by atoms with Crippen molar-refractivity contribution in [1.29, 1.82) is 0 Å². The lowest BCUT2D eigenvalue weighted by Crippen LogP contribution is -2.46. The molecule has 0 unspecified atom stereocenters. The van der Waals surface area contributed by atoms with Crippen LogP contribution in [0, 0.1) is 0 Å². The Morgan fingerprint density at radius 2 is 1.55 bits per heavy atom. The molecule has 1 aliphatic rings. The molecule has 0 aliphatic carbocycles. The summed E-state index contributed by atoms with van der Waals surface area (Å²) in [6.45, 7) is 7.48. The first-order valence-electron chi connectivity index (χ1n) is 13.1. The molecular formula is C29H41N3O6. The Kier molecular flexibility index (Phi) is 10.2. The van der Waals surface area contributed by atoms with Gasteiger partial charge in [0.25, 0.3) is 5.91 Å². The number of unbranched alkanes of at least 4 members (excludes halogenated alkanes) is 1. The van der Waals surface area contributed by atoms with Crippen LogP contribution in [0.3, 0.4) is 0 Å². The SMILES string of the molecule is CCCCN(CC)CCNC(=O)[C@H]1c2cc(OC)c(OC)cc2C(=O)N(C)[C@H]1c1ccc(OC)c(OC)c1. The van der Waals surface area contributed by atoms with Crippen LogP contribution in [0.25, 0.3) is 0 Å². The number of ether oxygens (including phenoxy) is 4. The molecule has 0 saturated heterocycles. The predicted octanol–water partition coefficient (Wildman–Crippen LogP) is 3.87. The van der Waals surface area contributed by atoms with Crippen molar-refractivity contribution < 1.29 is 28.5 Å². The van der Waals surface area contributed by atoms with Crippen LogP contribution in [0.15, 0.2) is 30.3 Å². The van der Waals surface area contributed by atoms with Crippen LogP contribution in [0.2, 0.25) is 0 Å². The lowest BCUT2D eigenvalue weighted by atomic mass is 9.79. The second kappa shape index (κ2) is 13.4. The van der Waals surface area contributed by atoms with E-state index in [4.69, 9.17) is 18.9 Å². The summed E-state index contributed by atoms with van der Waals surface area (Å²) in [7, 11) is 7.91. The van der Waals surface area contributed by atoms with E-state index in [9.17, 15) is 9.59 Å². The number of amides is 2. The number of carbonyl (C=O) groups is 2. The Balaban J connectivity index is 2.05. The fraction of sp³-hybridized carbons (Fsp3) is 0.517. The van der Waals surface area contributed by atoms with E-state index in [1.54, 1.807) is 44.4 Å². The smallest absolute Gasteiger partial charge is 0.254 e. The van der Waals surface area contributed by atoms with Gasteiger partial charge in [0.05, 0.1) is 40.4 Å². The molecular weight excluding hydrogens is 486 g/mol. The highest BCUT2D eigenvalue weighted by Crippen LogP contribution is 2.46. The van der Waals surface area contributed by atoms with E-state index < -0.39 is 12.0 Å². The van der Waals surface area contributed by atoms with Crippen LogP contribution >= 0.6 is 0 Å². The molecule has 2 aromatic rings. The summed E-state index contributed by atoms with van der Waals surface area (Å²) < 4.78 is 21.9. The van der Waals surface area contributed by atoms with Gasteiger partial charge in [0.1, 0.15) is 0 Å².